The van der Waals surface area contributed by atoms with Gasteiger partial charge in [-0.05, 0) is 37.1 Å². The minimum Gasteiger partial charge on any atom is -0.388 e. The van der Waals surface area contributed by atoms with Crippen LogP contribution in [0.25, 0.3) is 0 Å². The molecule has 1 atom stereocenters. The Morgan fingerprint density at radius 3 is 2.83 bits per heavy atom. The van der Waals surface area contributed by atoms with Crippen molar-refractivity contribution in [3.8, 4) is 0 Å². The molecule has 96 valence electrons. The maximum Gasteiger partial charge on any atom is 0.138 e. The van der Waals surface area contributed by atoms with E-state index in [9.17, 15) is 5.11 Å². The van der Waals surface area contributed by atoms with E-state index in [1.54, 1.807) is 10.7 Å². The molecule has 0 fully saturated rings. The number of rotatable bonds is 4. The van der Waals surface area contributed by atoms with Gasteiger partial charge in [-0.3, -0.25) is 4.68 Å². The number of hydrogen-bond acceptors (Lipinski definition) is 3. The fourth-order valence-corrected chi connectivity index (χ4v) is 2.26. The van der Waals surface area contributed by atoms with Crippen LogP contribution in [-0.4, -0.2) is 19.9 Å². The van der Waals surface area contributed by atoms with Crippen molar-refractivity contribution >= 4 is 11.6 Å². The van der Waals surface area contributed by atoms with Gasteiger partial charge in [0.25, 0.3) is 0 Å². The molecular weight excluding hydrogens is 250 g/mol. The van der Waals surface area contributed by atoms with Crippen LogP contribution in [0.2, 0.25) is 5.02 Å². The van der Waals surface area contributed by atoms with Crippen LogP contribution in [0.1, 0.15) is 30.0 Å². The van der Waals surface area contributed by atoms with E-state index in [-0.39, 0.29) is 0 Å². The standard InChI is InChI=1S/C13H16ClN3O/c1-3-17-13(15-8-16-17)7-12(18)10-4-9(2)5-11(14)6-10/h4-6,8,12,18H,3,7H2,1-2H3. The molecule has 1 aromatic carbocycles. The Labute approximate surface area is 111 Å². The molecule has 0 aliphatic carbocycles. The predicted octanol–water partition coefficient (Wildman–Crippen LogP) is 2.54. The molecule has 1 unspecified atom stereocenters. The van der Waals surface area contributed by atoms with Crippen molar-refractivity contribution in [2.24, 2.45) is 0 Å². The zero-order chi connectivity index (χ0) is 13.1. The van der Waals surface area contributed by atoms with Gasteiger partial charge in [0.05, 0.1) is 6.10 Å². The molecular formula is C13H16ClN3O. The summed E-state index contributed by atoms with van der Waals surface area (Å²) >= 11 is 5.99. The van der Waals surface area contributed by atoms with Gasteiger partial charge in [-0.1, -0.05) is 17.7 Å². The van der Waals surface area contributed by atoms with Crippen molar-refractivity contribution in [2.75, 3.05) is 0 Å². The van der Waals surface area contributed by atoms with Crippen molar-refractivity contribution in [1.29, 1.82) is 0 Å². The maximum atomic E-state index is 10.2. The second kappa shape index (κ2) is 5.50. The number of halogens is 1. The topological polar surface area (TPSA) is 50.9 Å². The van der Waals surface area contributed by atoms with Crippen LogP contribution in [0, 0.1) is 6.92 Å². The summed E-state index contributed by atoms with van der Waals surface area (Å²) in [5, 5.41) is 14.9. The molecule has 18 heavy (non-hydrogen) atoms. The first-order valence-electron chi connectivity index (χ1n) is 5.92. The van der Waals surface area contributed by atoms with Gasteiger partial charge < -0.3 is 5.11 Å². The SMILES string of the molecule is CCn1ncnc1CC(O)c1cc(C)cc(Cl)c1. The quantitative estimate of drug-likeness (QED) is 0.924. The third-order valence-electron chi connectivity index (χ3n) is 2.82. The fraction of sp³-hybridized carbons (Fsp3) is 0.385. The first-order valence-corrected chi connectivity index (χ1v) is 6.29. The third-order valence-corrected chi connectivity index (χ3v) is 3.04. The lowest BCUT2D eigenvalue weighted by Crippen LogP contribution is -2.09. The molecule has 0 bridgehead atoms. The lowest BCUT2D eigenvalue weighted by molar-refractivity contribution is 0.174. The highest BCUT2D eigenvalue weighted by Crippen LogP contribution is 2.22. The van der Waals surface area contributed by atoms with Crippen LogP contribution in [0.4, 0.5) is 0 Å². The fourth-order valence-electron chi connectivity index (χ4n) is 1.96. The molecule has 0 spiro atoms. The summed E-state index contributed by atoms with van der Waals surface area (Å²) in [5.41, 5.74) is 1.85. The second-order valence-electron chi connectivity index (χ2n) is 4.27. The summed E-state index contributed by atoms with van der Waals surface area (Å²) in [7, 11) is 0. The van der Waals surface area contributed by atoms with Gasteiger partial charge >= 0.3 is 0 Å². The smallest absolute Gasteiger partial charge is 0.138 e. The molecule has 0 aliphatic heterocycles. The Bertz CT molecular complexity index is 519. The van der Waals surface area contributed by atoms with E-state index in [1.807, 2.05) is 26.0 Å². The van der Waals surface area contributed by atoms with Gasteiger partial charge in [-0.2, -0.15) is 5.10 Å². The summed E-state index contributed by atoms with van der Waals surface area (Å²) in [6, 6.07) is 5.58. The zero-order valence-electron chi connectivity index (χ0n) is 10.5. The van der Waals surface area contributed by atoms with Gasteiger partial charge in [0, 0.05) is 18.0 Å². The molecule has 0 saturated carbocycles. The van der Waals surface area contributed by atoms with Gasteiger partial charge in [-0.15, -0.1) is 0 Å². The van der Waals surface area contributed by atoms with Crippen molar-refractivity contribution in [3.05, 3.63) is 46.5 Å². The van der Waals surface area contributed by atoms with Crippen LogP contribution in [-0.2, 0) is 13.0 Å². The number of nitrogens with zero attached hydrogens (tertiary/aromatic N) is 3. The number of aryl methyl sites for hydroxylation is 2. The first kappa shape index (κ1) is 13.1. The molecule has 4 nitrogen and oxygen atoms in total. The van der Waals surface area contributed by atoms with E-state index in [4.69, 9.17) is 11.6 Å². The Morgan fingerprint density at radius 1 is 1.39 bits per heavy atom. The van der Waals surface area contributed by atoms with Crippen LogP contribution < -0.4 is 0 Å². The van der Waals surface area contributed by atoms with Gasteiger partial charge in [0.2, 0.25) is 0 Å². The minimum atomic E-state index is -0.614. The van der Waals surface area contributed by atoms with E-state index >= 15 is 0 Å². The summed E-state index contributed by atoms with van der Waals surface area (Å²) in [6.07, 6.45) is 1.33. The minimum absolute atomic E-state index is 0.438. The Hall–Kier alpha value is -1.39. The van der Waals surface area contributed by atoms with Gasteiger partial charge in [0.1, 0.15) is 12.2 Å². The Morgan fingerprint density at radius 2 is 2.17 bits per heavy atom. The van der Waals surface area contributed by atoms with E-state index in [2.05, 4.69) is 10.1 Å². The highest BCUT2D eigenvalue weighted by atomic mass is 35.5. The molecule has 1 aromatic heterocycles. The average Bonchev–Trinajstić information content (AvgIpc) is 2.75. The highest BCUT2D eigenvalue weighted by molar-refractivity contribution is 6.30. The zero-order valence-corrected chi connectivity index (χ0v) is 11.2. The monoisotopic (exact) mass is 265 g/mol. The summed E-state index contributed by atoms with van der Waals surface area (Å²) in [6.45, 7) is 4.70. The normalized spacial score (nSPS) is 12.7. The first-order chi connectivity index (χ1) is 8.60. The Balaban J connectivity index is 2.19. The second-order valence-corrected chi connectivity index (χ2v) is 4.71. The summed E-state index contributed by atoms with van der Waals surface area (Å²) < 4.78 is 1.78. The van der Waals surface area contributed by atoms with E-state index in [0.717, 1.165) is 23.5 Å². The lowest BCUT2D eigenvalue weighted by Gasteiger charge is -2.12. The van der Waals surface area contributed by atoms with Crippen LogP contribution >= 0.6 is 11.6 Å². The molecule has 0 aliphatic rings. The molecule has 2 rings (SSSR count). The number of aromatic nitrogens is 3. The van der Waals surface area contributed by atoms with E-state index in [0.29, 0.717) is 11.4 Å². The molecule has 0 radical (unpaired) electrons. The number of aliphatic hydroxyl groups is 1. The van der Waals surface area contributed by atoms with Crippen LogP contribution in [0.15, 0.2) is 24.5 Å². The largest absolute Gasteiger partial charge is 0.388 e. The number of benzene rings is 1. The van der Waals surface area contributed by atoms with Crippen molar-refractivity contribution in [1.82, 2.24) is 14.8 Å². The molecule has 0 saturated heterocycles. The molecule has 1 heterocycles. The van der Waals surface area contributed by atoms with Gasteiger partial charge in [-0.25, -0.2) is 4.98 Å². The number of aliphatic hydroxyl groups excluding tert-OH is 1. The van der Waals surface area contributed by atoms with Crippen molar-refractivity contribution in [3.63, 3.8) is 0 Å². The lowest BCUT2D eigenvalue weighted by atomic mass is 10.0. The summed E-state index contributed by atoms with van der Waals surface area (Å²) in [5.74, 6) is 0.780. The summed E-state index contributed by atoms with van der Waals surface area (Å²) in [4.78, 5) is 4.16. The third kappa shape index (κ3) is 2.89. The average molecular weight is 266 g/mol. The van der Waals surface area contributed by atoms with E-state index < -0.39 is 6.10 Å². The van der Waals surface area contributed by atoms with E-state index in [1.165, 1.54) is 6.33 Å². The maximum absolute atomic E-state index is 10.2. The molecule has 0 amide bonds. The van der Waals surface area contributed by atoms with Crippen molar-refractivity contribution < 1.29 is 5.11 Å². The number of hydrogen-bond donors (Lipinski definition) is 1. The highest BCUT2D eigenvalue weighted by Gasteiger charge is 2.13. The van der Waals surface area contributed by atoms with Crippen LogP contribution in [0.3, 0.4) is 0 Å². The van der Waals surface area contributed by atoms with Gasteiger partial charge in [0.15, 0.2) is 0 Å². The molecule has 5 heteroatoms. The molecule has 2 aromatic rings. The van der Waals surface area contributed by atoms with Crippen LogP contribution in [0.5, 0.6) is 0 Å². The molecule has 1 N–H and O–H groups in total. The van der Waals surface area contributed by atoms with Crippen molar-refractivity contribution in [2.45, 2.75) is 32.9 Å². The predicted molar refractivity (Wildman–Crippen MR) is 70.5 cm³/mol. The Kier molecular flexibility index (Phi) is 3.99.